The lowest BCUT2D eigenvalue weighted by Gasteiger charge is -2.24. The summed E-state index contributed by atoms with van der Waals surface area (Å²) in [5.41, 5.74) is 4.95. The van der Waals surface area contributed by atoms with E-state index in [1.54, 1.807) is 0 Å². The lowest BCUT2D eigenvalue weighted by molar-refractivity contribution is 0.121. The Kier molecular flexibility index (Phi) is 4.76. The molecule has 0 spiro atoms. The zero-order valence-corrected chi connectivity index (χ0v) is 14.6. The fourth-order valence-electron chi connectivity index (χ4n) is 3.58. The van der Waals surface area contributed by atoms with E-state index >= 15 is 0 Å². The molecular weight excluding hydrogens is 312 g/mol. The molecule has 0 radical (unpaired) electrons. The summed E-state index contributed by atoms with van der Waals surface area (Å²) < 4.78 is 8.01. The monoisotopic (exact) mass is 336 g/mol. The Labute approximate surface area is 148 Å². The predicted molar refractivity (Wildman–Crippen MR) is 97.5 cm³/mol. The van der Waals surface area contributed by atoms with E-state index in [0.29, 0.717) is 5.92 Å². The summed E-state index contributed by atoms with van der Waals surface area (Å²) in [6.45, 7) is 6.66. The van der Waals surface area contributed by atoms with Gasteiger partial charge in [-0.15, -0.1) is 0 Å². The van der Waals surface area contributed by atoms with E-state index in [2.05, 4.69) is 50.6 Å². The van der Waals surface area contributed by atoms with E-state index in [-0.39, 0.29) is 0 Å². The fraction of sp³-hybridized carbons (Fsp3) is 0.400. The Hall–Kier alpha value is -2.24. The molecule has 0 saturated carbocycles. The van der Waals surface area contributed by atoms with Gasteiger partial charge in [-0.05, 0) is 42.7 Å². The Morgan fingerprint density at radius 3 is 3.12 bits per heavy atom. The van der Waals surface area contributed by atoms with Crippen LogP contribution in [0.2, 0.25) is 0 Å². The third-order valence-corrected chi connectivity index (χ3v) is 4.98. The highest BCUT2D eigenvalue weighted by Crippen LogP contribution is 2.18. The van der Waals surface area contributed by atoms with E-state index < -0.39 is 0 Å². The van der Waals surface area contributed by atoms with Gasteiger partial charge in [0, 0.05) is 56.5 Å². The third-order valence-electron chi connectivity index (χ3n) is 4.98. The van der Waals surface area contributed by atoms with Crippen LogP contribution in [0, 0.1) is 12.8 Å². The molecule has 0 unspecified atom stereocenters. The molecule has 0 N–H and O–H groups in total. The summed E-state index contributed by atoms with van der Waals surface area (Å²) in [6, 6.07) is 6.29. The quantitative estimate of drug-likeness (QED) is 0.735. The molecule has 3 aromatic rings. The van der Waals surface area contributed by atoms with Crippen molar-refractivity contribution in [1.82, 2.24) is 19.3 Å². The maximum Gasteiger partial charge on any atom is 0.0666 e. The second kappa shape index (κ2) is 7.33. The lowest BCUT2D eigenvalue weighted by atomic mass is 10.0. The third kappa shape index (κ3) is 3.72. The van der Waals surface area contributed by atoms with Gasteiger partial charge in [-0.25, -0.2) is 0 Å². The molecule has 5 nitrogen and oxygen atoms in total. The maximum absolute atomic E-state index is 5.88. The highest BCUT2D eigenvalue weighted by molar-refractivity contribution is 5.52. The van der Waals surface area contributed by atoms with E-state index in [0.717, 1.165) is 45.0 Å². The lowest BCUT2D eigenvalue weighted by Crippen LogP contribution is -2.31. The van der Waals surface area contributed by atoms with E-state index in [4.69, 9.17) is 4.74 Å². The molecule has 1 aliphatic heterocycles. The van der Waals surface area contributed by atoms with Crippen LogP contribution in [0.25, 0.3) is 5.52 Å². The number of rotatable bonds is 4. The number of nitrogens with zero attached hydrogens (tertiary/aromatic N) is 4. The summed E-state index contributed by atoms with van der Waals surface area (Å²) in [5, 5.41) is 0. The molecule has 0 amide bonds. The smallest absolute Gasteiger partial charge is 0.0666 e. The van der Waals surface area contributed by atoms with Crippen LogP contribution >= 0.6 is 0 Å². The van der Waals surface area contributed by atoms with Gasteiger partial charge in [0.1, 0.15) is 0 Å². The summed E-state index contributed by atoms with van der Waals surface area (Å²) in [5.74, 6) is 0.452. The molecule has 3 aromatic heterocycles. The van der Waals surface area contributed by atoms with E-state index in [9.17, 15) is 0 Å². The van der Waals surface area contributed by atoms with Crippen LogP contribution < -0.4 is 0 Å². The Balaban J connectivity index is 1.48. The van der Waals surface area contributed by atoms with Crippen molar-refractivity contribution in [3.05, 3.63) is 66.0 Å². The molecule has 25 heavy (non-hydrogen) atoms. The standard InChI is InChI=1S/C20H24N4O/c1-16-4-5-21-12-18(16)14-23-9-10-25-15-17(13-23)11-19-20-3-2-7-24(20)8-6-22-19/h2-8,12,17H,9-11,13-15H2,1H3/t17-/m1/s1. The Morgan fingerprint density at radius 1 is 1.24 bits per heavy atom. The molecule has 0 aliphatic carbocycles. The predicted octanol–water partition coefficient (Wildman–Crippen LogP) is 2.73. The minimum atomic E-state index is 0.452. The van der Waals surface area contributed by atoms with Crippen molar-refractivity contribution in [3.63, 3.8) is 0 Å². The van der Waals surface area contributed by atoms with Gasteiger partial charge in [0.15, 0.2) is 0 Å². The molecular formula is C20H24N4O. The number of hydrogen-bond acceptors (Lipinski definition) is 4. The van der Waals surface area contributed by atoms with Crippen LogP contribution in [-0.2, 0) is 17.7 Å². The van der Waals surface area contributed by atoms with Crippen molar-refractivity contribution in [1.29, 1.82) is 0 Å². The fourth-order valence-corrected chi connectivity index (χ4v) is 3.58. The first-order valence-corrected chi connectivity index (χ1v) is 8.90. The first kappa shape index (κ1) is 16.2. The molecule has 0 bridgehead atoms. The maximum atomic E-state index is 5.88. The largest absolute Gasteiger partial charge is 0.380 e. The van der Waals surface area contributed by atoms with Crippen LogP contribution in [0.3, 0.4) is 0 Å². The molecule has 0 aromatic carbocycles. The van der Waals surface area contributed by atoms with Crippen LogP contribution in [-0.4, -0.2) is 45.6 Å². The number of pyridine rings is 1. The molecule has 1 aliphatic rings. The number of hydrogen-bond donors (Lipinski definition) is 0. The highest BCUT2D eigenvalue weighted by Gasteiger charge is 2.21. The molecule has 4 rings (SSSR count). The molecule has 1 fully saturated rings. The van der Waals surface area contributed by atoms with E-state index in [1.807, 2.05) is 24.8 Å². The zero-order valence-electron chi connectivity index (χ0n) is 14.6. The summed E-state index contributed by atoms with van der Waals surface area (Å²) in [6.07, 6.45) is 10.7. The van der Waals surface area contributed by atoms with Gasteiger partial charge in [0.05, 0.1) is 24.4 Å². The second-order valence-electron chi connectivity index (χ2n) is 6.86. The van der Waals surface area contributed by atoms with Gasteiger partial charge in [-0.2, -0.15) is 0 Å². The average molecular weight is 336 g/mol. The van der Waals surface area contributed by atoms with Crippen molar-refractivity contribution in [2.24, 2.45) is 5.92 Å². The summed E-state index contributed by atoms with van der Waals surface area (Å²) in [4.78, 5) is 11.4. The normalized spacial score (nSPS) is 19.2. The van der Waals surface area contributed by atoms with Crippen molar-refractivity contribution in [2.45, 2.75) is 19.9 Å². The van der Waals surface area contributed by atoms with Crippen molar-refractivity contribution < 1.29 is 4.74 Å². The summed E-state index contributed by atoms with van der Waals surface area (Å²) >= 11 is 0. The van der Waals surface area contributed by atoms with Crippen LogP contribution in [0.4, 0.5) is 0 Å². The summed E-state index contributed by atoms with van der Waals surface area (Å²) in [7, 11) is 0. The van der Waals surface area contributed by atoms with Crippen molar-refractivity contribution in [2.75, 3.05) is 26.3 Å². The number of aromatic nitrogens is 3. The van der Waals surface area contributed by atoms with Crippen LogP contribution in [0.15, 0.2) is 49.2 Å². The zero-order chi connectivity index (χ0) is 17.1. The SMILES string of the molecule is Cc1ccncc1CN1CCOC[C@H](Cc2nccn3cccc23)C1. The van der Waals surface area contributed by atoms with Gasteiger partial charge < -0.3 is 9.14 Å². The molecule has 4 heterocycles. The van der Waals surface area contributed by atoms with E-state index in [1.165, 1.54) is 16.6 Å². The van der Waals surface area contributed by atoms with Gasteiger partial charge in [-0.3, -0.25) is 14.9 Å². The minimum Gasteiger partial charge on any atom is -0.380 e. The molecule has 1 atom stereocenters. The number of aryl methyl sites for hydroxylation is 1. The Morgan fingerprint density at radius 2 is 2.20 bits per heavy atom. The first-order valence-electron chi connectivity index (χ1n) is 8.90. The first-order chi connectivity index (χ1) is 12.3. The molecule has 1 saturated heterocycles. The second-order valence-corrected chi connectivity index (χ2v) is 6.86. The number of fused-ring (bicyclic) bond motifs is 1. The minimum absolute atomic E-state index is 0.452. The molecule has 5 heteroatoms. The topological polar surface area (TPSA) is 42.7 Å². The Bertz CT molecular complexity index is 844. The van der Waals surface area contributed by atoms with Gasteiger partial charge in [0.25, 0.3) is 0 Å². The van der Waals surface area contributed by atoms with Gasteiger partial charge >= 0.3 is 0 Å². The van der Waals surface area contributed by atoms with Gasteiger partial charge in [0.2, 0.25) is 0 Å². The van der Waals surface area contributed by atoms with Crippen molar-refractivity contribution in [3.8, 4) is 0 Å². The van der Waals surface area contributed by atoms with Gasteiger partial charge in [-0.1, -0.05) is 0 Å². The number of ether oxygens (including phenoxy) is 1. The van der Waals surface area contributed by atoms with Crippen LogP contribution in [0.5, 0.6) is 0 Å². The van der Waals surface area contributed by atoms with Crippen LogP contribution in [0.1, 0.15) is 16.8 Å². The van der Waals surface area contributed by atoms with Crippen molar-refractivity contribution >= 4 is 5.52 Å². The average Bonchev–Trinajstić information content (AvgIpc) is 3.00. The highest BCUT2D eigenvalue weighted by atomic mass is 16.5. The molecule has 130 valence electrons.